The van der Waals surface area contributed by atoms with Gasteiger partial charge in [0.05, 0.1) is 6.54 Å². The van der Waals surface area contributed by atoms with Gasteiger partial charge in [0.2, 0.25) is 0 Å². The third-order valence-corrected chi connectivity index (χ3v) is 3.77. The molecule has 102 valence electrons. The Hall–Kier alpha value is -1.46. The number of anilines is 1. The van der Waals surface area contributed by atoms with Gasteiger partial charge in [0.15, 0.2) is 0 Å². The fourth-order valence-electron chi connectivity index (χ4n) is 2.61. The Balaban J connectivity index is 1.89. The summed E-state index contributed by atoms with van der Waals surface area (Å²) in [6.45, 7) is 2.75. The summed E-state index contributed by atoms with van der Waals surface area (Å²) in [7, 11) is 0. The fraction of sp³-hybridized carbons (Fsp3) is 0.529. The van der Waals surface area contributed by atoms with Crippen LogP contribution in [0.5, 0.6) is 0 Å². The zero-order valence-electron chi connectivity index (χ0n) is 11.7. The van der Waals surface area contributed by atoms with Crippen molar-refractivity contribution in [2.45, 2.75) is 51.0 Å². The van der Waals surface area contributed by atoms with Crippen molar-refractivity contribution in [3.8, 4) is 11.8 Å². The van der Waals surface area contributed by atoms with Crippen molar-refractivity contribution in [3.63, 3.8) is 0 Å². The minimum atomic E-state index is -0.732. The van der Waals surface area contributed by atoms with E-state index in [9.17, 15) is 5.11 Å². The molecule has 0 spiro atoms. The van der Waals surface area contributed by atoms with Crippen LogP contribution in [-0.4, -0.2) is 17.3 Å². The smallest absolute Gasteiger partial charge is 0.125 e. The third kappa shape index (κ3) is 4.01. The molecule has 2 heteroatoms. The van der Waals surface area contributed by atoms with Gasteiger partial charge >= 0.3 is 0 Å². The van der Waals surface area contributed by atoms with Crippen LogP contribution < -0.4 is 5.32 Å². The Bertz CT molecular complexity index is 464. The molecule has 0 saturated heterocycles. The summed E-state index contributed by atoms with van der Waals surface area (Å²) in [5, 5.41) is 13.6. The third-order valence-electron chi connectivity index (χ3n) is 3.77. The minimum absolute atomic E-state index is 0.597. The molecule has 1 aliphatic rings. The van der Waals surface area contributed by atoms with Gasteiger partial charge < -0.3 is 10.4 Å². The van der Waals surface area contributed by atoms with E-state index < -0.39 is 5.60 Å². The predicted octanol–water partition coefficient (Wildman–Crippen LogP) is 3.36. The van der Waals surface area contributed by atoms with Crippen LogP contribution in [0.2, 0.25) is 0 Å². The molecule has 0 bridgehead atoms. The minimum Gasteiger partial charge on any atom is -0.378 e. The summed E-state index contributed by atoms with van der Waals surface area (Å²) in [4.78, 5) is 0. The first-order valence-corrected chi connectivity index (χ1v) is 7.28. The SMILES string of the molecule is CCc1ccccc1NCC#CC1(O)CCCCC1. The fourth-order valence-corrected chi connectivity index (χ4v) is 2.61. The van der Waals surface area contributed by atoms with Crippen LogP contribution in [0.3, 0.4) is 0 Å². The lowest BCUT2D eigenvalue weighted by atomic mass is 9.85. The van der Waals surface area contributed by atoms with E-state index >= 15 is 0 Å². The molecule has 0 unspecified atom stereocenters. The molecule has 0 atom stereocenters. The summed E-state index contributed by atoms with van der Waals surface area (Å²) in [6.07, 6.45) is 6.08. The molecule has 1 aliphatic carbocycles. The van der Waals surface area contributed by atoms with Crippen molar-refractivity contribution in [2.75, 3.05) is 11.9 Å². The summed E-state index contributed by atoms with van der Waals surface area (Å²) >= 11 is 0. The summed E-state index contributed by atoms with van der Waals surface area (Å²) in [5.41, 5.74) is 1.72. The lowest BCUT2D eigenvalue weighted by Gasteiger charge is -2.26. The summed E-state index contributed by atoms with van der Waals surface area (Å²) in [5.74, 6) is 6.13. The van der Waals surface area contributed by atoms with Crippen LogP contribution in [0, 0.1) is 11.8 Å². The van der Waals surface area contributed by atoms with Crippen molar-refractivity contribution in [1.29, 1.82) is 0 Å². The largest absolute Gasteiger partial charge is 0.378 e. The average molecular weight is 257 g/mol. The number of benzene rings is 1. The van der Waals surface area contributed by atoms with Gasteiger partial charge in [-0.25, -0.2) is 0 Å². The van der Waals surface area contributed by atoms with E-state index in [-0.39, 0.29) is 0 Å². The molecule has 1 fully saturated rings. The van der Waals surface area contributed by atoms with E-state index in [4.69, 9.17) is 0 Å². The molecule has 0 radical (unpaired) electrons. The maximum atomic E-state index is 10.3. The van der Waals surface area contributed by atoms with Crippen LogP contribution in [-0.2, 0) is 6.42 Å². The monoisotopic (exact) mass is 257 g/mol. The number of hydrogen-bond donors (Lipinski definition) is 2. The van der Waals surface area contributed by atoms with Crippen LogP contribution in [0.25, 0.3) is 0 Å². The molecule has 2 N–H and O–H groups in total. The molecule has 2 nitrogen and oxygen atoms in total. The Morgan fingerprint density at radius 2 is 1.95 bits per heavy atom. The van der Waals surface area contributed by atoms with E-state index in [1.807, 2.05) is 6.07 Å². The van der Waals surface area contributed by atoms with Gasteiger partial charge in [-0.15, -0.1) is 0 Å². The number of rotatable bonds is 3. The maximum absolute atomic E-state index is 10.3. The number of aryl methyl sites for hydroxylation is 1. The van der Waals surface area contributed by atoms with E-state index in [1.54, 1.807) is 0 Å². The quantitative estimate of drug-likeness (QED) is 0.814. The molecule has 0 heterocycles. The lowest BCUT2D eigenvalue weighted by Crippen LogP contribution is -2.29. The second kappa shape index (κ2) is 6.63. The van der Waals surface area contributed by atoms with E-state index in [0.717, 1.165) is 37.8 Å². The van der Waals surface area contributed by atoms with Gasteiger partial charge in [-0.05, 0) is 43.7 Å². The van der Waals surface area contributed by atoms with Crippen LogP contribution >= 0.6 is 0 Å². The Morgan fingerprint density at radius 3 is 2.68 bits per heavy atom. The highest BCUT2D eigenvalue weighted by Gasteiger charge is 2.26. The molecule has 0 aromatic heterocycles. The first kappa shape index (κ1) is 14.0. The summed E-state index contributed by atoms with van der Waals surface area (Å²) < 4.78 is 0. The highest BCUT2D eigenvalue weighted by atomic mass is 16.3. The van der Waals surface area contributed by atoms with Crippen molar-refractivity contribution in [1.82, 2.24) is 0 Å². The number of para-hydroxylation sites is 1. The van der Waals surface area contributed by atoms with E-state index in [0.29, 0.717) is 6.54 Å². The molecule has 0 amide bonds. The van der Waals surface area contributed by atoms with Crippen LogP contribution in [0.15, 0.2) is 24.3 Å². The average Bonchev–Trinajstić information content (AvgIpc) is 2.45. The second-order valence-corrected chi connectivity index (χ2v) is 5.26. The molecule has 2 rings (SSSR count). The van der Waals surface area contributed by atoms with Gasteiger partial charge in [-0.3, -0.25) is 0 Å². The number of hydrogen-bond acceptors (Lipinski definition) is 2. The zero-order valence-corrected chi connectivity index (χ0v) is 11.7. The number of nitrogens with one attached hydrogen (secondary N) is 1. The predicted molar refractivity (Wildman–Crippen MR) is 80.1 cm³/mol. The van der Waals surface area contributed by atoms with Gasteiger partial charge in [-0.1, -0.05) is 43.4 Å². The highest BCUT2D eigenvalue weighted by Crippen LogP contribution is 2.27. The van der Waals surface area contributed by atoms with Crippen molar-refractivity contribution in [3.05, 3.63) is 29.8 Å². The highest BCUT2D eigenvalue weighted by molar-refractivity contribution is 5.51. The van der Waals surface area contributed by atoms with Gasteiger partial charge in [0.25, 0.3) is 0 Å². The first-order valence-electron chi connectivity index (χ1n) is 7.28. The molecule has 0 aliphatic heterocycles. The van der Waals surface area contributed by atoms with Crippen LogP contribution in [0.1, 0.15) is 44.6 Å². The Morgan fingerprint density at radius 1 is 1.21 bits per heavy atom. The second-order valence-electron chi connectivity index (χ2n) is 5.26. The van der Waals surface area contributed by atoms with E-state index in [1.165, 1.54) is 12.0 Å². The molecule has 1 saturated carbocycles. The number of aliphatic hydroxyl groups is 1. The van der Waals surface area contributed by atoms with Gasteiger partial charge in [0.1, 0.15) is 5.60 Å². The normalized spacial score (nSPS) is 17.4. The Kier molecular flexibility index (Phi) is 4.87. The standard InChI is InChI=1S/C17H23NO/c1-2-15-9-4-5-10-16(15)18-14-8-13-17(19)11-6-3-7-12-17/h4-5,9-10,18-19H,2-3,6-7,11-12,14H2,1H3. The van der Waals surface area contributed by atoms with Crippen molar-refractivity contribution >= 4 is 5.69 Å². The van der Waals surface area contributed by atoms with Gasteiger partial charge in [-0.2, -0.15) is 0 Å². The zero-order chi connectivity index (χ0) is 13.6. The van der Waals surface area contributed by atoms with Crippen LogP contribution in [0.4, 0.5) is 5.69 Å². The van der Waals surface area contributed by atoms with Crippen molar-refractivity contribution < 1.29 is 5.11 Å². The lowest BCUT2D eigenvalue weighted by molar-refractivity contribution is 0.0609. The maximum Gasteiger partial charge on any atom is 0.125 e. The van der Waals surface area contributed by atoms with E-state index in [2.05, 4.69) is 42.3 Å². The topological polar surface area (TPSA) is 32.3 Å². The molecule has 1 aromatic carbocycles. The molecular weight excluding hydrogens is 234 g/mol. The molecule has 19 heavy (non-hydrogen) atoms. The Labute approximate surface area is 116 Å². The molecule has 1 aromatic rings. The molecular formula is C17H23NO. The van der Waals surface area contributed by atoms with Crippen molar-refractivity contribution in [2.24, 2.45) is 0 Å². The summed E-state index contributed by atoms with van der Waals surface area (Å²) in [6, 6.07) is 8.30. The van der Waals surface area contributed by atoms with Gasteiger partial charge in [0, 0.05) is 5.69 Å². The first-order chi connectivity index (χ1) is 9.23.